The molecule has 3 heteroatoms. The van der Waals surface area contributed by atoms with Crippen LogP contribution in [-0.4, -0.2) is 30.6 Å². The Hall–Kier alpha value is -1.51. The first-order valence-electron chi connectivity index (χ1n) is 7.26. The van der Waals surface area contributed by atoms with E-state index < -0.39 is 0 Å². The quantitative estimate of drug-likeness (QED) is 0.885. The number of nitrogens with zero attached hydrogens (tertiary/aromatic N) is 1. The lowest BCUT2D eigenvalue weighted by Gasteiger charge is -2.24. The van der Waals surface area contributed by atoms with Gasteiger partial charge >= 0.3 is 6.03 Å². The number of carbonyl (C=O) groups is 1. The molecule has 2 amide bonds. The molecule has 1 heterocycles. The molecule has 3 nitrogen and oxygen atoms in total. The molecule has 19 heavy (non-hydrogen) atoms. The number of benzene rings is 1. The summed E-state index contributed by atoms with van der Waals surface area (Å²) in [4.78, 5) is 13.9. The van der Waals surface area contributed by atoms with Crippen molar-refractivity contribution in [1.82, 2.24) is 10.2 Å². The molecule has 1 aromatic rings. The molecule has 1 aromatic carbocycles. The van der Waals surface area contributed by atoms with Gasteiger partial charge in [-0.05, 0) is 24.3 Å². The van der Waals surface area contributed by atoms with Crippen molar-refractivity contribution in [3.63, 3.8) is 0 Å². The third-order valence-corrected chi connectivity index (χ3v) is 3.90. The molecule has 0 radical (unpaired) electrons. The van der Waals surface area contributed by atoms with Gasteiger partial charge < -0.3 is 10.2 Å². The minimum absolute atomic E-state index is 0.0964. The maximum Gasteiger partial charge on any atom is 0.317 e. The smallest absolute Gasteiger partial charge is 0.317 e. The fourth-order valence-electron chi connectivity index (χ4n) is 2.67. The summed E-state index contributed by atoms with van der Waals surface area (Å²) in [6, 6.07) is 10.5. The summed E-state index contributed by atoms with van der Waals surface area (Å²) in [7, 11) is 0. The number of amides is 2. The average molecular weight is 260 g/mol. The fraction of sp³-hybridized carbons (Fsp3) is 0.562. The average Bonchev–Trinajstić information content (AvgIpc) is 2.93. The molecule has 0 aromatic heterocycles. The lowest BCUT2D eigenvalue weighted by Crippen LogP contribution is -2.40. The van der Waals surface area contributed by atoms with Crippen molar-refractivity contribution < 1.29 is 4.79 Å². The number of hydrogen-bond donors (Lipinski definition) is 1. The van der Waals surface area contributed by atoms with Crippen LogP contribution in [0, 0.1) is 5.92 Å². The van der Waals surface area contributed by atoms with Crippen LogP contribution in [0.25, 0.3) is 0 Å². The first-order valence-corrected chi connectivity index (χ1v) is 7.26. The first-order chi connectivity index (χ1) is 9.18. The van der Waals surface area contributed by atoms with E-state index in [2.05, 4.69) is 43.4 Å². The number of nitrogens with one attached hydrogen (secondary N) is 1. The van der Waals surface area contributed by atoms with Gasteiger partial charge in [-0.25, -0.2) is 4.79 Å². The predicted molar refractivity (Wildman–Crippen MR) is 78.2 cm³/mol. The predicted octanol–water partition coefficient (Wildman–Crippen LogP) is 3.23. The maximum atomic E-state index is 12.0. The van der Waals surface area contributed by atoms with Crippen LogP contribution < -0.4 is 5.32 Å². The molecule has 0 aliphatic carbocycles. The van der Waals surface area contributed by atoms with Crippen molar-refractivity contribution >= 4 is 6.03 Å². The minimum Gasteiger partial charge on any atom is -0.337 e. The molecule has 1 N–H and O–H groups in total. The highest BCUT2D eigenvalue weighted by Gasteiger charge is 2.20. The van der Waals surface area contributed by atoms with E-state index in [1.54, 1.807) is 0 Å². The maximum absolute atomic E-state index is 12.0. The van der Waals surface area contributed by atoms with Gasteiger partial charge in [-0.2, -0.15) is 0 Å². The summed E-state index contributed by atoms with van der Waals surface area (Å²) in [5, 5.41) is 3.09. The van der Waals surface area contributed by atoms with E-state index in [0.29, 0.717) is 11.8 Å². The molecule has 1 aliphatic rings. The number of carbonyl (C=O) groups excluding carboxylic acids is 1. The van der Waals surface area contributed by atoms with Gasteiger partial charge in [0.05, 0.1) is 0 Å². The third kappa shape index (κ3) is 3.72. The van der Waals surface area contributed by atoms with Crippen molar-refractivity contribution in [2.75, 3.05) is 19.6 Å². The van der Waals surface area contributed by atoms with Crippen molar-refractivity contribution in [3.05, 3.63) is 35.9 Å². The second-order valence-corrected chi connectivity index (χ2v) is 5.64. The van der Waals surface area contributed by atoms with Crippen LogP contribution in [0.3, 0.4) is 0 Å². The Morgan fingerprint density at radius 2 is 1.84 bits per heavy atom. The Bertz CT molecular complexity index is 396. The molecule has 0 bridgehead atoms. The van der Waals surface area contributed by atoms with Gasteiger partial charge in [0, 0.05) is 25.6 Å². The Labute approximate surface area is 116 Å². The Kier molecular flexibility index (Phi) is 4.83. The minimum atomic E-state index is 0.0964. The molecule has 104 valence electrons. The van der Waals surface area contributed by atoms with E-state index in [1.165, 1.54) is 5.56 Å². The molecule has 1 atom stereocenters. The monoisotopic (exact) mass is 260 g/mol. The van der Waals surface area contributed by atoms with Gasteiger partial charge in [0.15, 0.2) is 0 Å². The number of hydrogen-bond acceptors (Lipinski definition) is 1. The van der Waals surface area contributed by atoms with Crippen LogP contribution in [0.2, 0.25) is 0 Å². The molecular formula is C16H24N2O. The van der Waals surface area contributed by atoms with E-state index in [-0.39, 0.29) is 6.03 Å². The zero-order chi connectivity index (χ0) is 13.7. The molecule has 1 aliphatic heterocycles. The molecule has 2 rings (SSSR count). The zero-order valence-electron chi connectivity index (χ0n) is 11.9. The van der Waals surface area contributed by atoms with Crippen LogP contribution in [0.1, 0.15) is 38.2 Å². The van der Waals surface area contributed by atoms with E-state index in [0.717, 1.165) is 32.5 Å². The van der Waals surface area contributed by atoms with E-state index in [4.69, 9.17) is 0 Å². The van der Waals surface area contributed by atoms with E-state index >= 15 is 0 Å². The lowest BCUT2D eigenvalue weighted by molar-refractivity contribution is 0.207. The van der Waals surface area contributed by atoms with Crippen LogP contribution >= 0.6 is 0 Å². The van der Waals surface area contributed by atoms with E-state index in [9.17, 15) is 4.79 Å². The van der Waals surface area contributed by atoms with Gasteiger partial charge in [-0.15, -0.1) is 0 Å². The number of urea groups is 1. The van der Waals surface area contributed by atoms with Gasteiger partial charge in [-0.1, -0.05) is 44.2 Å². The van der Waals surface area contributed by atoms with Gasteiger partial charge in [0.25, 0.3) is 0 Å². The SMILES string of the molecule is CC(C)C(CNC(=O)N1CCCC1)c1ccccc1. The second kappa shape index (κ2) is 6.60. The highest BCUT2D eigenvalue weighted by molar-refractivity contribution is 5.74. The molecule has 0 saturated carbocycles. The van der Waals surface area contributed by atoms with Crippen LogP contribution in [-0.2, 0) is 0 Å². The van der Waals surface area contributed by atoms with Crippen molar-refractivity contribution in [3.8, 4) is 0 Å². The summed E-state index contributed by atoms with van der Waals surface area (Å²) in [5.41, 5.74) is 1.30. The highest BCUT2D eigenvalue weighted by atomic mass is 16.2. The summed E-state index contributed by atoms with van der Waals surface area (Å²) in [6.07, 6.45) is 2.28. The summed E-state index contributed by atoms with van der Waals surface area (Å²) in [5.74, 6) is 0.897. The van der Waals surface area contributed by atoms with Crippen LogP contribution in [0.4, 0.5) is 4.79 Å². The molecule has 1 unspecified atom stereocenters. The largest absolute Gasteiger partial charge is 0.337 e. The third-order valence-electron chi connectivity index (χ3n) is 3.90. The van der Waals surface area contributed by atoms with Crippen LogP contribution in [0.15, 0.2) is 30.3 Å². The second-order valence-electron chi connectivity index (χ2n) is 5.64. The Morgan fingerprint density at radius 1 is 1.21 bits per heavy atom. The van der Waals surface area contributed by atoms with Crippen molar-refractivity contribution in [1.29, 1.82) is 0 Å². The van der Waals surface area contributed by atoms with Crippen LogP contribution in [0.5, 0.6) is 0 Å². The standard InChI is InChI=1S/C16H24N2O/c1-13(2)15(14-8-4-3-5-9-14)12-17-16(19)18-10-6-7-11-18/h3-5,8-9,13,15H,6-7,10-12H2,1-2H3,(H,17,19). The van der Waals surface area contributed by atoms with Crippen molar-refractivity contribution in [2.45, 2.75) is 32.6 Å². The first kappa shape index (κ1) is 13.9. The van der Waals surface area contributed by atoms with Gasteiger partial charge in [-0.3, -0.25) is 0 Å². The Morgan fingerprint density at radius 3 is 2.42 bits per heavy atom. The number of rotatable bonds is 4. The molecular weight excluding hydrogens is 236 g/mol. The summed E-state index contributed by atoms with van der Waals surface area (Å²) < 4.78 is 0. The van der Waals surface area contributed by atoms with Crippen molar-refractivity contribution in [2.24, 2.45) is 5.92 Å². The molecule has 0 spiro atoms. The summed E-state index contributed by atoms with van der Waals surface area (Å²) >= 11 is 0. The Balaban J connectivity index is 1.92. The lowest BCUT2D eigenvalue weighted by atomic mass is 9.88. The topological polar surface area (TPSA) is 32.3 Å². The van der Waals surface area contributed by atoms with Gasteiger partial charge in [0.1, 0.15) is 0 Å². The summed E-state index contributed by atoms with van der Waals surface area (Å²) in [6.45, 7) is 6.95. The normalized spacial score (nSPS) is 16.7. The highest BCUT2D eigenvalue weighted by Crippen LogP contribution is 2.23. The molecule has 1 saturated heterocycles. The van der Waals surface area contributed by atoms with Gasteiger partial charge in [0.2, 0.25) is 0 Å². The fourth-order valence-corrected chi connectivity index (χ4v) is 2.67. The number of likely N-dealkylation sites (tertiary alicyclic amines) is 1. The zero-order valence-corrected chi connectivity index (χ0v) is 11.9. The van der Waals surface area contributed by atoms with E-state index in [1.807, 2.05) is 11.0 Å². The molecule has 1 fully saturated rings.